The molecular formula is C18H22F3N3O3. The molecule has 6 nitrogen and oxygen atoms in total. The normalized spacial score (nSPS) is 20.7. The molecule has 1 atom stereocenters. The molecule has 2 aliphatic heterocycles. The van der Waals surface area contributed by atoms with E-state index in [1.54, 1.807) is 25.7 Å². The van der Waals surface area contributed by atoms with Crippen molar-refractivity contribution in [2.24, 2.45) is 0 Å². The van der Waals surface area contributed by atoms with E-state index in [0.29, 0.717) is 13.1 Å². The summed E-state index contributed by atoms with van der Waals surface area (Å²) in [5, 5.41) is 0. The van der Waals surface area contributed by atoms with Crippen LogP contribution in [0.1, 0.15) is 26.3 Å². The molecule has 27 heavy (non-hydrogen) atoms. The summed E-state index contributed by atoms with van der Waals surface area (Å²) in [6.07, 6.45) is -4.92. The number of hydrogen-bond donors (Lipinski definition) is 0. The Morgan fingerprint density at radius 1 is 1.15 bits per heavy atom. The van der Waals surface area contributed by atoms with Crippen LogP contribution in [0.4, 0.5) is 28.4 Å². The molecule has 1 aromatic carbocycles. The SMILES string of the molecule is CC(C)(C)OC(=O)N1CCN2C(=O)N(c3cccc(C(F)(F)F)c3)CC2C1. The first-order chi connectivity index (χ1) is 12.5. The fraction of sp³-hybridized carbons (Fsp3) is 0.556. The first kappa shape index (κ1) is 19.3. The van der Waals surface area contributed by atoms with Crippen molar-refractivity contribution in [2.75, 3.05) is 31.1 Å². The Balaban J connectivity index is 1.74. The Morgan fingerprint density at radius 2 is 1.85 bits per heavy atom. The molecule has 0 N–H and O–H groups in total. The average Bonchev–Trinajstić information content (AvgIpc) is 2.89. The average molecular weight is 385 g/mol. The quantitative estimate of drug-likeness (QED) is 0.743. The lowest BCUT2D eigenvalue weighted by atomic mass is 10.1. The minimum Gasteiger partial charge on any atom is -0.444 e. The minimum absolute atomic E-state index is 0.202. The van der Waals surface area contributed by atoms with Crippen LogP contribution in [0.15, 0.2) is 24.3 Å². The van der Waals surface area contributed by atoms with E-state index in [-0.39, 0.29) is 30.8 Å². The Hall–Kier alpha value is -2.45. The van der Waals surface area contributed by atoms with Gasteiger partial charge in [0.25, 0.3) is 0 Å². The van der Waals surface area contributed by atoms with Crippen molar-refractivity contribution in [1.82, 2.24) is 9.80 Å². The third kappa shape index (κ3) is 4.12. The number of carbonyl (C=O) groups is 2. The maximum Gasteiger partial charge on any atom is 0.416 e. The smallest absolute Gasteiger partial charge is 0.416 e. The number of rotatable bonds is 1. The fourth-order valence-electron chi connectivity index (χ4n) is 3.27. The summed E-state index contributed by atoms with van der Waals surface area (Å²) in [7, 11) is 0. The number of anilines is 1. The van der Waals surface area contributed by atoms with E-state index in [4.69, 9.17) is 4.74 Å². The number of halogens is 3. The molecule has 1 aromatic rings. The van der Waals surface area contributed by atoms with E-state index >= 15 is 0 Å². The molecule has 0 aliphatic carbocycles. The number of benzene rings is 1. The van der Waals surface area contributed by atoms with E-state index in [1.165, 1.54) is 21.9 Å². The number of carbonyl (C=O) groups excluding carboxylic acids is 2. The number of amides is 3. The van der Waals surface area contributed by atoms with Gasteiger partial charge in [-0.25, -0.2) is 9.59 Å². The van der Waals surface area contributed by atoms with Crippen LogP contribution in [0.3, 0.4) is 0 Å². The van der Waals surface area contributed by atoms with Gasteiger partial charge in [-0.05, 0) is 39.0 Å². The maximum absolute atomic E-state index is 13.0. The molecule has 0 saturated carbocycles. The number of fused-ring (bicyclic) bond motifs is 1. The van der Waals surface area contributed by atoms with E-state index in [0.717, 1.165) is 12.1 Å². The van der Waals surface area contributed by atoms with E-state index < -0.39 is 23.4 Å². The molecule has 0 aromatic heterocycles. The monoisotopic (exact) mass is 385 g/mol. The first-order valence-corrected chi connectivity index (χ1v) is 8.69. The van der Waals surface area contributed by atoms with Gasteiger partial charge in [-0.1, -0.05) is 6.07 Å². The fourth-order valence-corrected chi connectivity index (χ4v) is 3.27. The highest BCUT2D eigenvalue weighted by atomic mass is 19.4. The van der Waals surface area contributed by atoms with Gasteiger partial charge in [0.15, 0.2) is 0 Å². The van der Waals surface area contributed by atoms with Gasteiger partial charge in [0, 0.05) is 31.9 Å². The zero-order valence-electron chi connectivity index (χ0n) is 15.4. The van der Waals surface area contributed by atoms with Gasteiger partial charge in [0.05, 0.1) is 11.6 Å². The van der Waals surface area contributed by atoms with Crippen LogP contribution in [-0.2, 0) is 10.9 Å². The van der Waals surface area contributed by atoms with Crippen molar-refractivity contribution in [3.8, 4) is 0 Å². The molecule has 3 amide bonds. The van der Waals surface area contributed by atoms with Crippen LogP contribution in [0.5, 0.6) is 0 Å². The van der Waals surface area contributed by atoms with Crippen molar-refractivity contribution in [1.29, 1.82) is 0 Å². The molecule has 9 heteroatoms. The zero-order valence-corrected chi connectivity index (χ0v) is 15.4. The van der Waals surface area contributed by atoms with Crippen LogP contribution >= 0.6 is 0 Å². The highest BCUT2D eigenvalue weighted by molar-refractivity contribution is 5.95. The minimum atomic E-state index is -4.47. The first-order valence-electron chi connectivity index (χ1n) is 8.69. The molecule has 2 aliphatic rings. The molecular weight excluding hydrogens is 363 g/mol. The van der Waals surface area contributed by atoms with Gasteiger partial charge in [0.1, 0.15) is 5.60 Å². The second-order valence-electron chi connectivity index (χ2n) is 7.71. The molecule has 0 spiro atoms. The summed E-state index contributed by atoms with van der Waals surface area (Å²) in [6, 6.07) is 4.09. The second-order valence-corrected chi connectivity index (χ2v) is 7.71. The van der Waals surface area contributed by atoms with Crippen molar-refractivity contribution in [3.63, 3.8) is 0 Å². The predicted octanol–water partition coefficient (Wildman–Crippen LogP) is 3.57. The number of nitrogens with zero attached hydrogens (tertiary/aromatic N) is 3. The molecule has 0 bridgehead atoms. The molecule has 0 radical (unpaired) electrons. The summed E-state index contributed by atoms with van der Waals surface area (Å²) in [6.45, 7) is 6.47. The molecule has 2 saturated heterocycles. The Morgan fingerprint density at radius 3 is 2.48 bits per heavy atom. The van der Waals surface area contributed by atoms with Gasteiger partial charge < -0.3 is 14.5 Å². The third-order valence-electron chi connectivity index (χ3n) is 4.49. The van der Waals surface area contributed by atoms with E-state index in [9.17, 15) is 22.8 Å². The van der Waals surface area contributed by atoms with Crippen molar-refractivity contribution in [2.45, 2.75) is 38.6 Å². The van der Waals surface area contributed by atoms with E-state index in [1.807, 2.05) is 0 Å². The van der Waals surface area contributed by atoms with Gasteiger partial charge in [0.2, 0.25) is 0 Å². The lowest BCUT2D eigenvalue weighted by Crippen LogP contribution is -2.54. The zero-order chi connectivity index (χ0) is 20.0. The van der Waals surface area contributed by atoms with Gasteiger partial charge in [-0.2, -0.15) is 13.2 Å². The summed E-state index contributed by atoms with van der Waals surface area (Å²) in [5.41, 5.74) is -1.22. The standard InChI is InChI=1S/C18H22F3N3O3/c1-17(2,3)27-16(26)22-7-8-23-14(10-22)11-24(15(23)25)13-6-4-5-12(9-13)18(19,20)21/h4-6,9,14H,7-8,10-11H2,1-3H3. The third-order valence-corrected chi connectivity index (χ3v) is 4.49. The Labute approximate surface area is 155 Å². The van der Waals surface area contributed by atoms with Gasteiger partial charge >= 0.3 is 18.3 Å². The Kier molecular flexibility index (Phi) is 4.73. The summed E-state index contributed by atoms with van der Waals surface area (Å²) < 4.78 is 44.2. The number of hydrogen-bond acceptors (Lipinski definition) is 3. The summed E-state index contributed by atoms with van der Waals surface area (Å²) in [5.74, 6) is 0. The Bertz CT molecular complexity index is 745. The number of urea groups is 1. The van der Waals surface area contributed by atoms with Crippen LogP contribution in [0, 0.1) is 0 Å². The second kappa shape index (κ2) is 6.61. The topological polar surface area (TPSA) is 53.1 Å². The molecule has 1 unspecified atom stereocenters. The molecule has 3 rings (SSSR count). The summed E-state index contributed by atoms with van der Waals surface area (Å²) >= 11 is 0. The predicted molar refractivity (Wildman–Crippen MR) is 92.5 cm³/mol. The van der Waals surface area contributed by atoms with Crippen LogP contribution in [-0.4, -0.2) is 59.7 Å². The number of ether oxygens (including phenoxy) is 1. The lowest BCUT2D eigenvalue weighted by Gasteiger charge is -2.36. The number of piperazine rings is 1. The molecule has 2 heterocycles. The summed E-state index contributed by atoms with van der Waals surface area (Å²) in [4.78, 5) is 29.4. The van der Waals surface area contributed by atoms with Crippen molar-refractivity contribution < 1.29 is 27.5 Å². The van der Waals surface area contributed by atoms with Gasteiger partial charge in [-0.15, -0.1) is 0 Å². The number of alkyl halides is 3. The van der Waals surface area contributed by atoms with Crippen molar-refractivity contribution in [3.05, 3.63) is 29.8 Å². The van der Waals surface area contributed by atoms with E-state index in [2.05, 4.69) is 0 Å². The lowest BCUT2D eigenvalue weighted by molar-refractivity contribution is -0.137. The highest BCUT2D eigenvalue weighted by Gasteiger charge is 2.43. The largest absolute Gasteiger partial charge is 0.444 e. The molecule has 148 valence electrons. The van der Waals surface area contributed by atoms with Crippen molar-refractivity contribution >= 4 is 17.8 Å². The van der Waals surface area contributed by atoms with Crippen LogP contribution in [0.2, 0.25) is 0 Å². The maximum atomic E-state index is 13.0. The van der Waals surface area contributed by atoms with Crippen LogP contribution in [0.25, 0.3) is 0 Å². The highest BCUT2D eigenvalue weighted by Crippen LogP contribution is 2.33. The van der Waals surface area contributed by atoms with Gasteiger partial charge in [-0.3, -0.25) is 4.90 Å². The van der Waals surface area contributed by atoms with Crippen LogP contribution < -0.4 is 4.90 Å². The molecule has 2 fully saturated rings.